The average molecular weight is 254 g/mol. The lowest BCUT2D eigenvalue weighted by Gasteiger charge is -2.28. The molecule has 2 unspecified atom stereocenters. The molecule has 0 N–H and O–H groups in total. The number of amides is 1. The molecule has 0 bridgehead atoms. The summed E-state index contributed by atoms with van der Waals surface area (Å²) in [6, 6.07) is 2.18. The topological polar surface area (TPSA) is 62.6 Å². The summed E-state index contributed by atoms with van der Waals surface area (Å²) in [5.41, 5.74) is -0.902. The molecule has 102 valence electrons. The molecule has 18 heavy (non-hydrogen) atoms. The van der Waals surface area contributed by atoms with Gasteiger partial charge in [0.05, 0.1) is 6.07 Å². The van der Waals surface area contributed by atoms with E-state index >= 15 is 0 Å². The predicted octanol–water partition coefficient (Wildman–Crippen LogP) is 1.19. The third kappa shape index (κ3) is 2.50. The van der Waals surface area contributed by atoms with Crippen LogP contribution in [-0.2, 0) is 14.3 Å². The van der Waals surface area contributed by atoms with E-state index in [1.807, 2.05) is 13.8 Å². The van der Waals surface area contributed by atoms with Crippen LogP contribution in [0.25, 0.3) is 0 Å². The number of hydrogen-bond donors (Lipinski definition) is 0. The van der Waals surface area contributed by atoms with Crippen molar-refractivity contribution in [1.82, 2.24) is 4.90 Å². The fraction of sp³-hybridized carbons (Fsp3) is 0.846. The summed E-state index contributed by atoms with van der Waals surface area (Å²) in [6.07, 6.45) is 0.850. The van der Waals surface area contributed by atoms with Gasteiger partial charge in [0.25, 0.3) is 0 Å². The normalized spacial score (nSPS) is 24.1. The monoisotopic (exact) mass is 254 g/mol. The van der Waals surface area contributed by atoms with Gasteiger partial charge in [-0.2, -0.15) is 5.26 Å². The first-order chi connectivity index (χ1) is 8.58. The maximum atomic E-state index is 12.5. The van der Waals surface area contributed by atoms with Gasteiger partial charge in [0, 0.05) is 27.3 Å². The molecule has 5 heteroatoms. The first-order valence-corrected chi connectivity index (χ1v) is 6.34. The smallest absolute Gasteiger partial charge is 0.243 e. The highest BCUT2D eigenvalue weighted by Crippen LogP contribution is 2.30. The Kier molecular flexibility index (Phi) is 5.12. The molecule has 2 atom stereocenters. The van der Waals surface area contributed by atoms with E-state index in [0.717, 1.165) is 0 Å². The Morgan fingerprint density at radius 3 is 2.00 bits per heavy atom. The van der Waals surface area contributed by atoms with Crippen molar-refractivity contribution in [3.63, 3.8) is 0 Å². The Bertz CT molecular complexity index is 322. The van der Waals surface area contributed by atoms with Gasteiger partial charge in [0.15, 0.2) is 0 Å². The van der Waals surface area contributed by atoms with Crippen LogP contribution < -0.4 is 0 Å². The summed E-state index contributed by atoms with van der Waals surface area (Å²) in [4.78, 5) is 14.2. The van der Waals surface area contributed by atoms with Crippen LogP contribution in [0.3, 0.4) is 0 Å². The van der Waals surface area contributed by atoms with Crippen LogP contribution in [0, 0.1) is 16.7 Å². The second-order valence-corrected chi connectivity index (χ2v) is 4.66. The van der Waals surface area contributed by atoms with E-state index in [1.54, 1.807) is 19.1 Å². The summed E-state index contributed by atoms with van der Waals surface area (Å²) >= 11 is 0. The first-order valence-electron chi connectivity index (χ1n) is 6.34. The molecule has 0 aliphatic carbocycles. The van der Waals surface area contributed by atoms with E-state index in [9.17, 15) is 10.1 Å². The van der Waals surface area contributed by atoms with Crippen LogP contribution in [0.2, 0.25) is 0 Å². The molecule has 0 aromatic rings. The number of nitrogens with zero attached hydrogens (tertiary/aromatic N) is 2. The zero-order valence-corrected chi connectivity index (χ0v) is 11.6. The van der Waals surface area contributed by atoms with E-state index in [0.29, 0.717) is 25.9 Å². The zero-order chi connectivity index (χ0) is 13.8. The summed E-state index contributed by atoms with van der Waals surface area (Å²) < 4.78 is 10.6. The summed E-state index contributed by atoms with van der Waals surface area (Å²) in [5, 5.41) is 9.29. The van der Waals surface area contributed by atoms with Crippen LogP contribution in [0.4, 0.5) is 0 Å². The van der Waals surface area contributed by atoms with Crippen molar-refractivity contribution in [3.8, 4) is 6.07 Å². The second kappa shape index (κ2) is 6.17. The number of hydrogen-bond acceptors (Lipinski definition) is 4. The number of nitriles is 1. The van der Waals surface area contributed by atoms with Gasteiger partial charge in [0.2, 0.25) is 5.91 Å². The van der Waals surface area contributed by atoms with Crippen LogP contribution in [0.15, 0.2) is 0 Å². The predicted molar refractivity (Wildman–Crippen MR) is 66.8 cm³/mol. The van der Waals surface area contributed by atoms with Gasteiger partial charge in [-0.15, -0.1) is 0 Å². The molecule has 1 aliphatic heterocycles. The highest BCUT2D eigenvalue weighted by Gasteiger charge is 2.44. The molecule has 1 saturated heterocycles. The molecule has 1 amide bonds. The maximum Gasteiger partial charge on any atom is 0.243 e. The van der Waals surface area contributed by atoms with E-state index in [-0.39, 0.29) is 18.1 Å². The standard InChI is InChI=1S/C13H22N2O3/c1-5-13(6-2,9-14)12(16)15-7-10(17-3)11(8-15)18-4/h10-11H,5-8H2,1-4H3. The first kappa shape index (κ1) is 14.9. The SMILES string of the molecule is CCC(C#N)(CC)C(=O)N1CC(OC)C(OC)C1. The molecule has 0 aromatic heterocycles. The fourth-order valence-corrected chi connectivity index (χ4v) is 2.42. The zero-order valence-electron chi connectivity index (χ0n) is 11.6. The summed E-state index contributed by atoms with van der Waals surface area (Å²) in [6.45, 7) is 4.75. The molecule has 1 fully saturated rings. The van der Waals surface area contributed by atoms with Crippen LogP contribution in [0.1, 0.15) is 26.7 Å². The molecule has 0 radical (unpaired) electrons. The Balaban J connectivity index is 2.84. The number of methoxy groups -OCH3 is 2. The largest absolute Gasteiger partial charge is 0.377 e. The quantitative estimate of drug-likeness (QED) is 0.739. The molecule has 0 spiro atoms. The maximum absolute atomic E-state index is 12.5. The number of likely N-dealkylation sites (tertiary alicyclic amines) is 1. The Hall–Kier alpha value is -1.12. The van der Waals surface area contributed by atoms with E-state index in [1.165, 1.54) is 0 Å². The van der Waals surface area contributed by atoms with Gasteiger partial charge in [-0.1, -0.05) is 13.8 Å². The van der Waals surface area contributed by atoms with Crippen LogP contribution in [0.5, 0.6) is 0 Å². The highest BCUT2D eigenvalue weighted by atomic mass is 16.5. The third-order valence-electron chi connectivity index (χ3n) is 3.94. The van der Waals surface area contributed by atoms with Crippen molar-refractivity contribution in [2.45, 2.75) is 38.9 Å². The fourth-order valence-electron chi connectivity index (χ4n) is 2.42. The number of ether oxygens (including phenoxy) is 2. The van der Waals surface area contributed by atoms with Gasteiger partial charge in [-0.05, 0) is 12.8 Å². The van der Waals surface area contributed by atoms with Crippen molar-refractivity contribution >= 4 is 5.91 Å². The van der Waals surface area contributed by atoms with Gasteiger partial charge >= 0.3 is 0 Å². The van der Waals surface area contributed by atoms with Gasteiger partial charge in [-0.25, -0.2) is 0 Å². The highest BCUT2D eigenvalue weighted by molar-refractivity contribution is 5.85. The van der Waals surface area contributed by atoms with Gasteiger partial charge < -0.3 is 14.4 Å². The Morgan fingerprint density at radius 2 is 1.72 bits per heavy atom. The summed E-state index contributed by atoms with van der Waals surface area (Å²) in [5.74, 6) is -0.100. The Morgan fingerprint density at radius 1 is 1.28 bits per heavy atom. The lowest BCUT2D eigenvalue weighted by molar-refractivity contribution is -0.139. The van der Waals surface area contributed by atoms with Gasteiger partial charge in [0.1, 0.15) is 17.6 Å². The molecule has 1 aliphatic rings. The van der Waals surface area contributed by atoms with Crippen molar-refractivity contribution < 1.29 is 14.3 Å². The number of carbonyl (C=O) groups is 1. The molecular weight excluding hydrogens is 232 g/mol. The minimum absolute atomic E-state index is 0.100. The number of rotatable bonds is 5. The molecule has 1 heterocycles. The number of carbonyl (C=O) groups excluding carboxylic acids is 1. The molecule has 0 aromatic carbocycles. The van der Waals surface area contributed by atoms with Crippen LogP contribution >= 0.6 is 0 Å². The van der Waals surface area contributed by atoms with E-state index < -0.39 is 5.41 Å². The van der Waals surface area contributed by atoms with Crippen molar-refractivity contribution in [1.29, 1.82) is 5.26 Å². The van der Waals surface area contributed by atoms with E-state index in [2.05, 4.69) is 6.07 Å². The average Bonchev–Trinajstić information content (AvgIpc) is 2.84. The van der Waals surface area contributed by atoms with Crippen LogP contribution in [-0.4, -0.2) is 50.3 Å². The second-order valence-electron chi connectivity index (χ2n) is 4.66. The van der Waals surface area contributed by atoms with Crippen molar-refractivity contribution in [2.24, 2.45) is 5.41 Å². The molecule has 5 nitrogen and oxygen atoms in total. The summed E-state index contributed by atoms with van der Waals surface area (Å²) in [7, 11) is 3.23. The lowest BCUT2D eigenvalue weighted by Crippen LogP contribution is -2.42. The minimum atomic E-state index is -0.902. The minimum Gasteiger partial charge on any atom is -0.377 e. The molecular formula is C13H22N2O3. The lowest BCUT2D eigenvalue weighted by atomic mass is 9.82. The third-order valence-corrected chi connectivity index (χ3v) is 3.94. The Labute approximate surface area is 109 Å². The van der Waals surface area contributed by atoms with E-state index in [4.69, 9.17) is 9.47 Å². The van der Waals surface area contributed by atoms with Gasteiger partial charge in [-0.3, -0.25) is 4.79 Å². The molecule has 1 rings (SSSR count). The molecule has 0 saturated carbocycles. The van der Waals surface area contributed by atoms with Crippen molar-refractivity contribution in [3.05, 3.63) is 0 Å². The van der Waals surface area contributed by atoms with Crippen molar-refractivity contribution in [2.75, 3.05) is 27.3 Å².